The summed E-state index contributed by atoms with van der Waals surface area (Å²) in [5.74, 6) is 0.644. The highest BCUT2D eigenvalue weighted by Crippen LogP contribution is 2.35. The van der Waals surface area contributed by atoms with E-state index in [1.807, 2.05) is 6.07 Å². The van der Waals surface area contributed by atoms with E-state index in [1.165, 1.54) is 18.9 Å². The second-order valence-corrected chi connectivity index (χ2v) is 7.23. The number of nitrogens with zero attached hydrogens (tertiary/aromatic N) is 2. The van der Waals surface area contributed by atoms with Crippen LogP contribution in [0.2, 0.25) is 10.0 Å². The van der Waals surface area contributed by atoms with Crippen LogP contribution in [0.25, 0.3) is 6.08 Å². The van der Waals surface area contributed by atoms with Crippen LogP contribution in [0.4, 0.5) is 5.69 Å². The third kappa shape index (κ3) is 4.60. The van der Waals surface area contributed by atoms with E-state index in [-0.39, 0.29) is 12.5 Å². The standard InChI is InChI=1S/C19H13Cl2N3O3S/c1-26-15-9-11(5-6-14(15)27-8-7-22)10-16-18(25)24-19(28-16)23-13-4-2-3-12(20)17(13)21/h2-6,9-10H,8H2,1H3,(H,23,24,25)/b16-10-. The molecule has 28 heavy (non-hydrogen) atoms. The Morgan fingerprint density at radius 3 is 2.86 bits per heavy atom. The van der Waals surface area contributed by atoms with Crippen molar-refractivity contribution >= 4 is 57.8 Å². The number of carbonyl (C=O) groups is 1. The Hall–Kier alpha value is -2.66. The number of nitriles is 1. The molecule has 1 fully saturated rings. The first-order chi connectivity index (χ1) is 13.5. The Balaban J connectivity index is 1.84. The van der Waals surface area contributed by atoms with Crippen molar-refractivity contribution in [2.45, 2.75) is 0 Å². The normalized spacial score (nSPS) is 16.1. The number of thioether (sulfide) groups is 1. The summed E-state index contributed by atoms with van der Waals surface area (Å²) < 4.78 is 10.6. The zero-order chi connectivity index (χ0) is 20.1. The van der Waals surface area contributed by atoms with Gasteiger partial charge in [0.2, 0.25) is 0 Å². The first-order valence-electron chi connectivity index (χ1n) is 7.93. The van der Waals surface area contributed by atoms with Crippen molar-refractivity contribution < 1.29 is 14.3 Å². The zero-order valence-electron chi connectivity index (χ0n) is 14.5. The predicted octanol–water partition coefficient (Wildman–Crippen LogP) is 4.80. The average molecular weight is 434 g/mol. The van der Waals surface area contributed by atoms with Crippen molar-refractivity contribution in [3.8, 4) is 17.6 Å². The van der Waals surface area contributed by atoms with E-state index in [0.717, 1.165) is 5.56 Å². The first-order valence-corrected chi connectivity index (χ1v) is 9.50. The van der Waals surface area contributed by atoms with Gasteiger partial charge < -0.3 is 14.8 Å². The molecule has 0 saturated carbocycles. The summed E-state index contributed by atoms with van der Waals surface area (Å²) in [4.78, 5) is 17.1. The van der Waals surface area contributed by atoms with Crippen LogP contribution in [0.1, 0.15) is 5.56 Å². The van der Waals surface area contributed by atoms with Crippen LogP contribution >= 0.6 is 35.0 Å². The number of halogens is 2. The van der Waals surface area contributed by atoms with E-state index >= 15 is 0 Å². The van der Waals surface area contributed by atoms with Gasteiger partial charge in [0, 0.05) is 0 Å². The number of ether oxygens (including phenoxy) is 2. The van der Waals surface area contributed by atoms with Crippen LogP contribution in [0.3, 0.4) is 0 Å². The number of aliphatic imine (C=N–C) groups is 1. The zero-order valence-corrected chi connectivity index (χ0v) is 16.9. The molecule has 0 aliphatic carbocycles. The lowest BCUT2D eigenvalue weighted by molar-refractivity contribution is -0.115. The van der Waals surface area contributed by atoms with E-state index in [1.54, 1.807) is 42.5 Å². The van der Waals surface area contributed by atoms with E-state index in [9.17, 15) is 4.79 Å². The molecule has 1 saturated heterocycles. The van der Waals surface area contributed by atoms with Crippen LogP contribution in [-0.4, -0.2) is 24.8 Å². The molecule has 2 aromatic carbocycles. The van der Waals surface area contributed by atoms with Crippen LogP contribution in [-0.2, 0) is 4.79 Å². The first kappa shape index (κ1) is 20.1. The molecule has 0 atom stereocenters. The molecule has 0 bridgehead atoms. The van der Waals surface area contributed by atoms with Gasteiger partial charge in [0.15, 0.2) is 23.3 Å². The number of methoxy groups -OCH3 is 1. The number of amidine groups is 1. The lowest BCUT2D eigenvalue weighted by Gasteiger charge is -2.08. The molecule has 6 nitrogen and oxygen atoms in total. The Morgan fingerprint density at radius 1 is 1.29 bits per heavy atom. The maximum atomic E-state index is 12.3. The summed E-state index contributed by atoms with van der Waals surface area (Å²) in [6, 6.07) is 12.2. The van der Waals surface area contributed by atoms with Gasteiger partial charge in [-0.1, -0.05) is 35.3 Å². The van der Waals surface area contributed by atoms with Gasteiger partial charge in [0.25, 0.3) is 5.91 Å². The lowest BCUT2D eigenvalue weighted by Crippen LogP contribution is -2.19. The van der Waals surface area contributed by atoms with Gasteiger partial charge in [-0.2, -0.15) is 5.26 Å². The van der Waals surface area contributed by atoms with Gasteiger partial charge in [0.05, 0.1) is 27.7 Å². The number of amides is 1. The number of carbonyl (C=O) groups excluding carboxylic acids is 1. The van der Waals surface area contributed by atoms with Crippen molar-refractivity contribution in [3.05, 3.63) is 56.9 Å². The molecule has 1 aliphatic rings. The Morgan fingerprint density at radius 2 is 2.11 bits per heavy atom. The number of hydrogen-bond acceptors (Lipinski definition) is 6. The number of nitrogens with one attached hydrogen (secondary N) is 1. The summed E-state index contributed by atoms with van der Waals surface area (Å²) in [7, 11) is 1.50. The van der Waals surface area contributed by atoms with Crippen molar-refractivity contribution in [3.63, 3.8) is 0 Å². The lowest BCUT2D eigenvalue weighted by atomic mass is 10.2. The minimum absolute atomic E-state index is 0.0824. The van der Waals surface area contributed by atoms with Gasteiger partial charge >= 0.3 is 0 Å². The second kappa shape index (κ2) is 9.02. The summed E-state index contributed by atoms with van der Waals surface area (Å²) in [6.45, 7) is -0.0824. The highest BCUT2D eigenvalue weighted by Gasteiger charge is 2.24. The molecular weight excluding hydrogens is 421 g/mol. The van der Waals surface area contributed by atoms with Gasteiger partial charge in [-0.15, -0.1) is 0 Å². The highest BCUT2D eigenvalue weighted by atomic mass is 35.5. The van der Waals surface area contributed by atoms with Crippen molar-refractivity contribution in [1.82, 2.24) is 5.32 Å². The maximum absolute atomic E-state index is 12.3. The summed E-state index contributed by atoms with van der Waals surface area (Å²) >= 11 is 13.3. The van der Waals surface area contributed by atoms with Gasteiger partial charge in [-0.3, -0.25) is 4.79 Å². The van der Waals surface area contributed by atoms with Gasteiger partial charge in [0.1, 0.15) is 6.07 Å². The molecule has 1 N–H and O–H groups in total. The third-order valence-corrected chi connectivity index (χ3v) is 5.30. The number of rotatable bonds is 5. The molecule has 1 amide bonds. The SMILES string of the molecule is COc1cc(/C=C2\SC(=Nc3cccc(Cl)c3Cl)NC2=O)ccc1OCC#N. The van der Waals surface area contributed by atoms with Crippen LogP contribution in [0, 0.1) is 11.3 Å². The molecular formula is C19H13Cl2N3O3S. The molecule has 1 aliphatic heterocycles. The van der Waals surface area contributed by atoms with E-state index < -0.39 is 0 Å². The maximum Gasteiger partial charge on any atom is 0.264 e. The van der Waals surface area contributed by atoms with E-state index in [4.69, 9.17) is 37.9 Å². The Kier molecular flexibility index (Phi) is 6.47. The quantitative estimate of drug-likeness (QED) is 0.684. The molecule has 0 radical (unpaired) electrons. The summed E-state index contributed by atoms with van der Waals surface area (Å²) in [5.41, 5.74) is 1.21. The Bertz CT molecular complexity index is 1030. The summed E-state index contributed by atoms with van der Waals surface area (Å²) in [5, 5.41) is 12.4. The topological polar surface area (TPSA) is 83.7 Å². The monoisotopic (exact) mass is 433 g/mol. The molecule has 3 rings (SSSR count). The van der Waals surface area contributed by atoms with Crippen molar-refractivity contribution in [1.29, 1.82) is 5.26 Å². The van der Waals surface area contributed by atoms with Gasteiger partial charge in [-0.25, -0.2) is 4.99 Å². The highest BCUT2D eigenvalue weighted by molar-refractivity contribution is 8.18. The van der Waals surface area contributed by atoms with Crippen LogP contribution in [0.15, 0.2) is 46.3 Å². The Labute approximate surface area is 175 Å². The predicted molar refractivity (Wildman–Crippen MR) is 111 cm³/mol. The number of benzene rings is 2. The van der Waals surface area contributed by atoms with Crippen LogP contribution < -0.4 is 14.8 Å². The van der Waals surface area contributed by atoms with Crippen LogP contribution in [0.5, 0.6) is 11.5 Å². The van der Waals surface area contributed by atoms with Crippen molar-refractivity contribution in [2.75, 3.05) is 13.7 Å². The summed E-state index contributed by atoms with van der Waals surface area (Å²) in [6.07, 6.45) is 1.71. The van der Waals surface area contributed by atoms with E-state index in [2.05, 4.69) is 10.3 Å². The average Bonchev–Trinajstić information content (AvgIpc) is 3.03. The second-order valence-electron chi connectivity index (χ2n) is 5.41. The number of hydrogen-bond donors (Lipinski definition) is 1. The largest absolute Gasteiger partial charge is 0.493 e. The minimum atomic E-state index is -0.273. The smallest absolute Gasteiger partial charge is 0.264 e. The van der Waals surface area contributed by atoms with Crippen molar-refractivity contribution in [2.24, 2.45) is 4.99 Å². The van der Waals surface area contributed by atoms with E-state index in [0.29, 0.717) is 37.3 Å². The molecule has 9 heteroatoms. The minimum Gasteiger partial charge on any atom is -0.493 e. The molecule has 1 heterocycles. The fourth-order valence-corrected chi connectivity index (χ4v) is 3.50. The third-order valence-electron chi connectivity index (χ3n) is 3.58. The molecule has 0 unspecified atom stereocenters. The van der Waals surface area contributed by atoms with Gasteiger partial charge in [-0.05, 0) is 47.7 Å². The fraction of sp³-hybridized carbons (Fsp3) is 0.105. The molecule has 0 aromatic heterocycles. The molecule has 0 spiro atoms. The molecule has 142 valence electrons. The fourth-order valence-electron chi connectivity index (χ4n) is 2.32. The molecule has 2 aromatic rings.